The van der Waals surface area contributed by atoms with E-state index in [-0.39, 0.29) is 0 Å². The molecule has 0 heterocycles. The lowest BCUT2D eigenvalue weighted by atomic mass is 10.4. The third-order valence-electron chi connectivity index (χ3n) is 1.74. The number of benzene rings is 1. The Bertz CT molecular complexity index is 248. The average Bonchev–Trinajstić information content (AvgIpc) is 1.86. The molecule has 0 bridgehead atoms. The van der Waals surface area contributed by atoms with Gasteiger partial charge in [-0.2, -0.15) is 0 Å². The van der Waals surface area contributed by atoms with E-state index in [0.29, 0.717) is 0 Å². The SMILES string of the molecule is C[Si](C)(C)c1ccccc1[Si]. The highest BCUT2D eigenvalue weighted by Gasteiger charge is 2.17. The van der Waals surface area contributed by atoms with Crippen LogP contribution in [0, 0.1) is 0 Å². The van der Waals surface area contributed by atoms with E-state index in [1.165, 1.54) is 10.4 Å². The minimum atomic E-state index is -1.13. The third kappa shape index (κ3) is 2.04. The largest absolute Gasteiger partial charge is 0.0774 e. The molecule has 57 valence electrons. The molecule has 1 aromatic carbocycles. The van der Waals surface area contributed by atoms with E-state index >= 15 is 0 Å². The van der Waals surface area contributed by atoms with Crippen LogP contribution in [-0.4, -0.2) is 18.3 Å². The van der Waals surface area contributed by atoms with Crippen molar-refractivity contribution in [2.45, 2.75) is 19.6 Å². The smallest absolute Gasteiger partial charge is 0.0681 e. The molecule has 0 aliphatic carbocycles. The van der Waals surface area contributed by atoms with Gasteiger partial charge in [-0.05, 0) is 0 Å². The van der Waals surface area contributed by atoms with Crippen LogP contribution in [0.25, 0.3) is 0 Å². The van der Waals surface area contributed by atoms with Crippen molar-refractivity contribution in [1.82, 2.24) is 0 Å². The van der Waals surface area contributed by atoms with Gasteiger partial charge in [-0.3, -0.25) is 0 Å². The number of hydrogen-bond acceptors (Lipinski definition) is 0. The monoisotopic (exact) mass is 177 g/mol. The third-order valence-corrected chi connectivity index (χ3v) is 4.47. The van der Waals surface area contributed by atoms with E-state index in [1.54, 1.807) is 0 Å². The summed E-state index contributed by atoms with van der Waals surface area (Å²) >= 11 is 0. The van der Waals surface area contributed by atoms with E-state index in [1.807, 2.05) is 0 Å². The standard InChI is InChI=1S/C9H13Si2/c1-11(2,3)9-7-5-4-6-8(9)10/h4-7H,1-3H3. The van der Waals surface area contributed by atoms with Gasteiger partial charge in [0.25, 0.3) is 0 Å². The Balaban J connectivity index is 3.14. The van der Waals surface area contributed by atoms with Gasteiger partial charge in [0.2, 0.25) is 0 Å². The van der Waals surface area contributed by atoms with Gasteiger partial charge in [0.05, 0.1) is 18.3 Å². The van der Waals surface area contributed by atoms with Crippen molar-refractivity contribution in [3.05, 3.63) is 24.3 Å². The van der Waals surface area contributed by atoms with Crippen LogP contribution in [-0.2, 0) is 0 Å². The molecule has 0 saturated carbocycles. The number of rotatable bonds is 1. The predicted octanol–water partition coefficient (Wildman–Crippen LogP) is 1.03. The molecular weight excluding hydrogens is 164 g/mol. The Morgan fingerprint density at radius 3 is 2.00 bits per heavy atom. The molecule has 0 aliphatic rings. The molecule has 2 heteroatoms. The summed E-state index contributed by atoms with van der Waals surface area (Å²) in [5.74, 6) is 0. The molecule has 0 atom stereocenters. The minimum absolute atomic E-state index is 1.13. The van der Waals surface area contributed by atoms with Gasteiger partial charge in [0.15, 0.2) is 0 Å². The fourth-order valence-electron chi connectivity index (χ4n) is 1.14. The topological polar surface area (TPSA) is 0 Å². The number of hydrogen-bond donors (Lipinski definition) is 0. The van der Waals surface area contributed by atoms with Crippen LogP contribution in [0.1, 0.15) is 0 Å². The summed E-state index contributed by atoms with van der Waals surface area (Å²) in [6.07, 6.45) is 0. The maximum atomic E-state index is 3.62. The van der Waals surface area contributed by atoms with Crippen molar-refractivity contribution in [3.63, 3.8) is 0 Å². The molecule has 0 fully saturated rings. The van der Waals surface area contributed by atoms with Crippen LogP contribution in [0.15, 0.2) is 24.3 Å². The molecule has 0 aromatic heterocycles. The maximum absolute atomic E-state index is 3.62. The molecule has 0 nitrogen and oxygen atoms in total. The van der Waals surface area contributed by atoms with E-state index in [9.17, 15) is 0 Å². The van der Waals surface area contributed by atoms with Gasteiger partial charge in [-0.25, -0.2) is 0 Å². The summed E-state index contributed by atoms with van der Waals surface area (Å²) < 4.78 is 0. The summed E-state index contributed by atoms with van der Waals surface area (Å²) in [6.45, 7) is 7.06. The lowest BCUT2D eigenvalue weighted by Gasteiger charge is -2.18. The normalized spacial score (nSPS) is 11.6. The first-order valence-electron chi connectivity index (χ1n) is 3.83. The summed E-state index contributed by atoms with van der Waals surface area (Å²) in [5.41, 5.74) is 0. The Labute approximate surface area is 73.1 Å². The van der Waals surface area contributed by atoms with Gasteiger partial charge in [-0.1, -0.05) is 54.3 Å². The summed E-state index contributed by atoms with van der Waals surface area (Å²) in [5, 5.41) is 2.75. The fourth-order valence-corrected chi connectivity index (χ4v) is 3.93. The Kier molecular flexibility index (Phi) is 2.35. The molecule has 0 N–H and O–H groups in total. The first-order valence-corrected chi connectivity index (χ1v) is 7.83. The van der Waals surface area contributed by atoms with E-state index < -0.39 is 8.07 Å². The highest BCUT2D eigenvalue weighted by molar-refractivity contribution is 6.91. The zero-order valence-corrected chi connectivity index (χ0v) is 9.31. The highest BCUT2D eigenvalue weighted by Crippen LogP contribution is 1.98. The first-order chi connectivity index (χ1) is 5.02. The van der Waals surface area contributed by atoms with Crippen LogP contribution in [0.5, 0.6) is 0 Å². The summed E-state index contributed by atoms with van der Waals surface area (Å²) in [4.78, 5) is 0. The lowest BCUT2D eigenvalue weighted by Crippen LogP contribution is -2.46. The second kappa shape index (κ2) is 2.95. The molecular formula is C9H13Si2. The first kappa shape index (κ1) is 8.75. The Morgan fingerprint density at radius 2 is 1.64 bits per heavy atom. The molecule has 1 aromatic rings. The molecule has 3 radical (unpaired) electrons. The predicted molar refractivity (Wildman–Crippen MR) is 54.8 cm³/mol. The second-order valence-corrected chi connectivity index (χ2v) is 9.37. The van der Waals surface area contributed by atoms with Crippen LogP contribution >= 0.6 is 0 Å². The molecule has 0 aliphatic heterocycles. The lowest BCUT2D eigenvalue weighted by molar-refractivity contribution is 1.71. The van der Waals surface area contributed by atoms with Gasteiger partial charge >= 0.3 is 0 Å². The quantitative estimate of drug-likeness (QED) is 0.562. The minimum Gasteiger partial charge on any atom is -0.0681 e. The van der Waals surface area contributed by atoms with Gasteiger partial charge in [0, 0.05) is 0 Å². The van der Waals surface area contributed by atoms with Crippen molar-refractivity contribution < 1.29 is 0 Å². The van der Waals surface area contributed by atoms with E-state index in [4.69, 9.17) is 0 Å². The Morgan fingerprint density at radius 1 is 1.09 bits per heavy atom. The van der Waals surface area contributed by atoms with Crippen LogP contribution < -0.4 is 10.4 Å². The molecule has 0 amide bonds. The van der Waals surface area contributed by atoms with Crippen LogP contribution in [0.2, 0.25) is 19.6 Å². The van der Waals surface area contributed by atoms with Crippen LogP contribution in [0.4, 0.5) is 0 Å². The van der Waals surface area contributed by atoms with Crippen molar-refractivity contribution in [1.29, 1.82) is 0 Å². The van der Waals surface area contributed by atoms with Gasteiger partial charge < -0.3 is 0 Å². The van der Waals surface area contributed by atoms with Crippen molar-refractivity contribution in [2.24, 2.45) is 0 Å². The zero-order chi connectivity index (χ0) is 8.48. The van der Waals surface area contributed by atoms with E-state index in [2.05, 4.69) is 54.1 Å². The fraction of sp³-hybridized carbons (Fsp3) is 0.333. The van der Waals surface area contributed by atoms with E-state index in [0.717, 1.165) is 0 Å². The van der Waals surface area contributed by atoms with Crippen LogP contribution in [0.3, 0.4) is 0 Å². The van der Waals surface area contributed by atoms with Gasteiger partial charge in [0.1, 0.15) is 0 Å². The average molecular weight is 177 g/mol. The van der Waals surface area contributed by atoms with Gasteiger partial charge in [-0.15, -0.1) is 0 Å². The van der Waals surface area contributed by atoms with Crippen molar-refractivity contribution in [3.8, 4) is 0 Å². The summed E-state index contributed by atoms with van der Waals surface area (Å²) in [6, 6.07) is 8.50. The maximum Gasteiger partial charge on any atom is 0.0774 e. The zero-order valence-electron chi connectivity index (χ0n) is 7.31. The summed E-state index contributed by atoms with van der Waals surface area (Å²) in [7, 11) is 2.49. The molecule has 0 spiro atoms. The Hall–Kier alpha value is -0.346. The van der Waals surface area contributed by atoms with Crippen molar-refractivity contribution >= 4 is 28.7 Å². The van der Waals surface area contributed by atoms with Crippen molar-refractivity contribution in [2.75, 3.05) is 0 Å². The molecule has 0 saturated heterocycles. The molecule has 1 rings (SSSR count). The highest BCUT2D eigenvalue weighted by atomic mass is 28.3. The second-order valence-electron chi connectivity index (χ2n) is 3.80. The molecule has 0 unspecified atom stereocenters. The molecule has 11 heavy (non-hydrogen) atoms.